The number of hydrogen-bond donors (Lipinski definition) is 2. The van der Waals surface area contributed by atoms with Crippen molar-refractivity contribution in [1.29, 1.82) is 0 Å². The van der Waals surface area contributed by atoms with Gasteiger partial charge in [-0.2, -0.15) is 0 Å². The minimum atomic E-state index is -1.44. The molecule has 19 heavy (non-hydrogen) atoms. The normalized spacial score (nSPS) is 10.2. The van der Waals surface area contributed by atoms with Crippen molar-refractivity contribution in [3.8, 4) is 0 Å². The smallest absolute Gasteiger partial charge is 0.340 e. The number of halogens is 1. The van der Waals surface area contributed by atoms with E-state index in [-0.39, 0.29) is 11.4 Å². The quantitative estimate of drug-likeness (QED) is 0.905. The second-order valence-electron chi connectivity index (χ2n) is 3.67. The van der Waals surface area contributed by atoms with Crippen molar-refractivity contribution in [3.05, 3.63) is 45.7 Å². The topological polar surface area (TPSA) is 79.3 Å². The van der Waals surface area contributed by atoms with E-state index in [1.807, 2.05) is 0 Å². The van der Waals surface area contributed by atoms with Crippen molar-refractivity contribution in [1.82, 2.24) is 4.98 Å². The molecule has 1 heterocycles. The second kappa shape index (κ2) is 5.15. The van der Waals surface area contributed by atoms with Gasteiger partial charge in [0.1, 0.15) is 17.1 Å². The van der Waals surface area contributed by atoms with E-state index in [1.165, 1.54) is 23.5 Å². The van der Waals surface area contributed by atoms with Gasteiger partial charge in [-0.1, -0.05) is 6.07 Å². The number of thiazole rings is 1. The van der Waals surface area contributed by atoms with Gasteiger partial charge in [-0.15, -0.1) is 11.3 Å². The molecule has 0 fully saturated rings. The number of nitrogens with zero attached hydrogens (tertiary/aromatic N) is 1. The van der Waals surface area contributed by atoms with Crippen molar-refractivity contribution in [2.24, 2.45) is 0 Å². The molecule has 0 spiro atoms. The van der Waals surface area contributed by atoms with Crippen LogP contribution in [0.5, 0.6) is 0 Å². The highest BCUT2D eigenvalue weighted by molar-refractivity contribution is 7.09. The van der Waals surface area contributed by atoms with Gasteiger partial charge in [0.2, 0.25) is 0 Å². The Bertz CT molecular complexity index is 654. The highest BCUT2D eigenvalue weighted by Crippen LogP contribution is 2.20. The summed E-state index contributed by atoms with van der Waals surface area (Å²) in [5.74, 6) is -2.92. The molecule has 0 aliphatic carbocycles. The number of rotatable bonds is 3. The minimum Gasteiger partial charge on any atom is -0.478 e. The highest BCUT2D eigenvalue weighted by Gasteiger charge is 2.18. The predicted octanol–water partition coefficient (Wildman–Crippen LogP) is 2.54. The summed E-state index contributed by atoms with van der Waals surface area (Å²) in [6, 6.07) is 3.67. The number of carboxylic acid groups (broad SMARTS) is 1. The minimum absolute atomic E-state index is 0.0943. The number of nitrogens with one attached hydrogen (secondary N) is 1. The summed E-state index contributed by atoms with van der Waals surface area (Å²) in [5.41, 5.74) is -0.492. The van der Waals surface area contributed by atoms with Gasteiger partial charge in [0, 0.05) is 5.38 Å². The van der Waals surface area contributed by atoms with Crippen LogP contribution in [0.1, 0.15) is 25.9 Å². The van der Waals surface area contributed by atoms with Crippen molar-refractivity contribution in [2.45, 2.75) is 6.92 Å². The summed E-state index contributed by atoms with van der Waals surface area (Å²) in [5, 5.41) is 13.5. The summed E-state index contributed by atoms with van der Waals surface area (Å²) in [6.07, 6.45) is 0. The molecule has 0 atom stereocenters. The molecule has 0 aliphatic rings. The number of aryl methyl sites for hydroxylation is 1. The molecule has 0 saturated carbocycles. The first-order valence-electron chi connectivity index (χ1n) is 5.24. The van der Waals surface area contributed by atoms with E-state index in [4.69, 9.17) is 5.11 Å². The number of carbonyl (C=O) groups excluding carboxylic acids is 1. The number of anilines is 1. The van der Waals surface area contributed by atoms with Crippen LogP contribution in [0.15, 0.2) is 23.6 Å². The second-order valence-corrected chi connectivity index (χ2v) is 4.74. The SMILES string of the molecule is Cc1nc(C(=O)Nc2cccc(F)c2C(=O)O)cs1. The number of carboxylic acids is 1. The van der Waals surface area contributed by atoms with Crippen molar-refractivity contribution in [3.63, 3.8) is 0 Å². The van der Waals surface area contributed by atoms with Gasteiger partial charge in [-0.05, 0) is 19.1 Å². The lowest BCUT2D eigenvalue weighted by molar-refractivity contribution is 0.0693. The van der Waals surface area contributed by atoms with Crippen LogP contribution in [-0.2, 0) is 0 Å². The van der Waals surface area contributed by atoms with Crippen molar-refractivity contribution < 1.29 is 19.1 Å². The number of aromatic nitrogens is 1. The van der Waals surface area contributed by atoms with E-state index in [0.29, 0.717) is 5.01 Å². The number of benzene rings is 1. The molecule has 2 aromatic rings. The first-order chi connectivity index (χ1) is 8.99. The molecule has 0 unspecified atom stereocenters. The van der Waals surface area contributed by atoms with Gasteiger partial charge in [-0.25, -0.2) is 14.2 Å². The van der Waals surface area contributed by atoms with Gasteiger partial charge >= 0.3 is 5.97 Å². The standard InChI is InChI=1S/C12H9FN2O3S/c1-6-14-9(5-19-6)11(16)15-8-4-2-3-7(13)10(8)12(17)18/h2-5H,1H3,(H,15,16)(H,17,18). The molecule has 98 valence electrons. The lowest BCUT2D eigenvalue weighted by atomic mass is 10.1. The molecule has 0 saturated heterocycles. The van der Waals surface area contributed by atoms with Crippen LogP contribution in [0, 0.1) is 12.7 Å². The Hall–Kier alpha value is -2.28. The summed E-state index contributed by atoms with van der Waals surface area (Å²) >= 11 is 1.29. The number of amides is 1. The maximum absolute atomic E-state index is 13.4. The lowest BCUT2D eigenvalue weighted by Crippen LogP contribution is -2.16. The van der Waals surface area contributed by atoms with Gasteiger partial charge in [-0.3, -0.25) is 4.79 Å². The van der Waals surface area contributed by atoms with Crippen molar-refractivity contribution >= 4 is 28.9 Å². The van der Waals surface area contributed by atoms with E-state index in [1.54, 1.807) is 12.3 Å². The Balaban J connectivity index is 2.31. The van der Waals surface area contributed by atoms with E-state index < -0.39 is 23.3 Å². The molecule has 1 amide bonds. The van der Waals surface area contributed by atoms with E-state index in [0.717, 1.165) is 6.07 Å². The van der Waals surface area contributed by atoms with Gasteiger partial charge in [0.05, 0.1) is 10.7 Å². The van der Waals surface area contributed by atoms with Gasteiger partial charge in [0.25, 0.3) is 5.91 Å². The first-order valence-corrected chi connectivity index (χ1v) is 6.12. The third-order valence-corrected chi connectivity index (χ3v) is 3.10. The summed E-state index contributed by atoms with van der Waals surface area (Å²) in [6.45, 7) is 1.74. The third-order valence-electron chi connectivity index (χ3n) is 2.33. The zero-order valence-corrected chi connectivity index (χ0v) is 10.6. The largest absolute Gasteiger partial charge is 0.478 e. The number of aromatic carboxylic acids is 1. The fourth-order valence-electron chi connectivity index (χ4n) is 1.50. The molecule has 0 aliphatic heterocycles. The van der Waals surface area contributed by atoms with Crippen LogP contribution >= 0.6 is 11.3 Å². The van der Waals surface area contributed by atoms with E-state index >= 15 is 0 Å². The number of carbonyl (C=O) groups is 2. The van der Waals surface area contributed by atoms with Crippen LogP contribution in [0.25, 0.3) is 0 Å². The van der Waals surface area contributed by atoms with Crippen LogP contribution < -0.4 is 5.32 Å². The Labute approximate surface area is 111 Å². The van der Waals surface area contributed by atoms with Gasteiger partial charge in [0.15, 0.2) is 0 Å². The zero-order valence-electron chi connectivity index (χ0n) is 9.81. The molecule has 1 aromatic carbocycles. The maximum atomic E-state index is 13.4. The molecule has 0 bridgehead atoms. The number of hydrogen-bond acceptors (Lipinski definition) is 4. The third kappa shape index (κ3) is 2.76. The summed E-state index contributed by atoms with van der Waals surface area (Å²) in [4.78, 5) is 26.8. The highest BCUT2D eigenvalue weighted by atomic mass is 32.1. The predicted molar refractivity (Wildman–Crippen MR) is 68.2 cm³/mol. The summed E-state index contributed by atoms with van der Waals surface area (Å²) < 4.78 is 13.4. The Morgan fingerprint density at radius 3 is 2.74 bits per heavy atom. The van der Waals surface area contributed by atoms with E-state index in [2.05, 4.69) is 10.3 Å². The van der Waals surface area contributed by atoms with Crippen LogP contribution in [0.3, 0.4) is 0 Å². The average molecular weight is 280 g/mol. The average Bonchev–Trinajstić information content (AvgIpc) is 2.75. The maximum Gasteiger partial charge on any atom is 0.340 e. The molecular weight excluding hydrogens is 271 g/mol. The molecule has 0 radical (unpaired) electrons. The van der Waals surface area contributed by atoms with Gasteiger partial charge < -0.3 is 10.4 Å². The Kier molecular flexibility index (Phi) is 3.57. The molecule has 2 N–H and O–H groups in total. The molecular formula is C12H9FN2O3S. The first kappa shape index (κ1) is 13.2. The fourth-order valence-corrected chi connectivity index (χ4v) is 2.09. The Morgan fingerprint density at radius 2 is 2.16 bits per heavy atom. The Morgan fingerprint density at radius 1 is 1.42 bits per heavy atom. The van der Waals surface area contributed by atoms with E-state index in [9.17, 15) is 14.0 Å². The summed E-state index contributed by atoms with van der Waals surface area (Å²) in [7, 11) is 0. The van der Waals surface area contributed by atoms with Crippen LogP contribution in [0.2, 0.25) is 0 Å². The fraction of sp³-hybridized carbons (Fsp3) is 0.0833. The van der Waals surface area contributed by atoms with Crippen LogP contribution in [-0.4, -0.2) is 22.0 Å². The van der Waals surface area contributed by atoms with Crippen LogP contribution in [0.4, 0.5) is 10.1 Å². The monoisotopic (exact) mass is 280 g/mol. The van der Waals surface area contributed by atoms with Crippen molar-refractivity contribution in [2.75, 3.05) is 5.32 Å². The molecule has 5 nitrogen and oxygen atoms in total. The lowest BCUT2D eigenvalue weighted by Gasteiger charge is -2.07. The molecule has 1 aromatic heterocycles. The molecule has 7 heteroatoms. The molecule has 2 rings (SSSR count). The zero-order chi connectivity index (χ0) is 14.0.